The van der Waals surface area contributed by atoms with Gasteiger partial charge >= 0.3 is 0 Å². The van der Waals surface area contributed by atoms with Crippen molar-refractivity contribution in [3.63, 3.8) is 0 Å². The number of aliphatic hydroxyl groups is 1. The van der Waals surface area contributed by atoms with Gasteiger partial charge in [0.2, 0.25) is 0 Å². The summed E-state index contributed by atoms with van der Waals surface area (Å²) in [5, 5.41) is 16.1. The molecule has 1 unspecified atom stereocenters. The zero-order chi connectivity index (χ0) is 13.2. The molecule has 5 nitrogen and oxygen atoms in total. The molecule has 0 fully saturated rings. The maximum Gasteiger partial charge on any atom is 0.255 e. The van der Waals surface area contributed by atoms with Crippen LogP contribution in [-0.4, -0.2) is 38.2 Å². The number of pyridine rings is 1. The maximum absolute atomic E-state index is 12.0. The molecule has 18 heavy (non-hydrogen) atoms. The van der Waals surface area contributed by atoms with Crippen molar-refractivity contribution in [2.24, 2.45) is 5.10 Å². The number of nitrogens with zero attached hydrogens (tertiary/aromatic N) is 3. The van der Waals surface area contributed by atoms with Gasteiger partial charge in [-0.15, -0.1) is 0 Å². The molecule has 1 aliphatic heterocycles. The molecule has 1 N–H and O–H groups in total. The van der Waals surface area contributed by atoms with Crippen molar-refractivity contribution in [1.29, 1.82) is 0 Å². The summed E-state index contributed by atoms with van der Waals surface area (Å²) >= 11 is 1.33. The quantitative estimate of drug-likeness (QED) is 0.841. The van der Waals surface area contributed by atoms with Crippen LogP contribution in [-0.2, 0) is 4.79 Å². The lowest BCUT2D eigenvalue weighted by atomic mass is 10.1. The van der Waals surface area contributed by atoms with E-state index < -0.39 is 5.72 Å². The molecular weight excluding hydrogens is 250 g/mol. The number of aromatic nitrogens is 1. The Morgan fingerprint density at radius 1 is 1.61 bits per heavy atom. The number of hydrogen-bond donors (Lipinski definition) is 1. The van der Waals surface area contributed by atoms with E-state index in [1.165, 1.54) is 11.8 Å². The molecule has 96 valence electrons. The van der Waals surface area contributed by atoms with Crippen molar-refractivity contribution in [2.45, 2.75) is 31.0 Å². The highest BCUT2D eigenvalue weighted by Crippen LogP contribution is 2.26. The second-order valence-electron chi connectivity index (χ2n) is 4.39. The first-order valence-corrected chi connectivity index (χ1v) is 6.61. The van der Waals surface area contributed by atoms with Crippen LogP contribution in [0.5, 0.6) is 0 Å². The van der Waals surface area contributed by atoms with E-state index in [-0.39, 0.29) is 11.7 Å². The van der Waals surface area contributed by atoms with Gasteiger partial charge in [-0.2, -0.15) is 5.10 Å². The normalized spacial score (nSPS) is 23.1. The Morgan fingerprint density at radius 2 is 2.39 bits per heavy atom. The van der Waals surface area contributed by atoms with Gasteiger partial charge in [0.05, 0.1) is 10.8 Å². The summed E-state index contributed by atoms with van der Waals surface area (Å²) in [5.41, 5.74) is -0.442. The van der Waals surface area contributed by atoms with Crippen molar-refractivity contribution < 1.29 is 9.90 Å². The van der Waals surface area contributed by atoms with Crippen LogP contribution in [0.1, 0.15) is 20.3 Å². The lowest BCUT2D eigenvalue weighted by molar-refractivity contribution is -0.148. The molecule has 0 bridgehead atoms. The molecule has 6 heteroatoms. The van der Waals surface area contributed by atoms with Gasteiger partial charge in [-0.1, -0.05) is 17.8 Å². The molecule has 0 aliphatic carbocycles. The minimum absolute atomic E-state index is 0.212. The minimum atomic E-state index is -1.20. The third kappa shape index (κ3) is 2.88. The summed E-state index contributed by atoms with van der Waals surface area (Å²) in [5.74, 6) is -0.00303. The molecule has 0 radical (unpaired) electrons. The molecule has 0 spiro atoms. The number of hydrogen-bond acceptors (Lipinski definition) is 5. The second-order valence-corrected chi connectivity index (χ2v) is 5.39. The zero-order valence-electron chi connectivity index (χ0n) is 10.3. The van der Waals surface area contributed by atoms with E-state index in [9.17, 15) is 9.90 Å². The Morgan fingerprint density at radius 3 is 2.94 bits per heavy atom. The van der Waals surface area contributed by atoms with Gasteiger partial charge < -0.3 is 5.11 Å². The van der Waals surface area contributed by atoms with Crippen LogP contribution in [0.15, 0.2) is 34.5 Å². The molecule has 1 aliphatic rings. The third-order valence-electron chi connectivity index (χ3n) is 2.54. The monoisotopic (exact) mass is 265 g/mol. The Hall–Kier alpha value is -1.40. The fourth-order valence-corrected chi connectivity index (χ4v) is 2.53. The van der Waals surface area contributed by atoms with E-state index in [1.54, 1.807) is 20.0 Å². The van der Waals surface area contributed by atoms with Gasteiger partial charge in [0, 0.05) is 18.3 Å². The third-order valence-corrected chi connectivity index (χ3v) is 3.46. The van der Waals surface area contributed by atoms with Gasteiger partial charge in [0.25, 0.3) is 5.91 Å². The molecule has 1 atom stereocenters. The van der Waals surface area contributed by atoms with E-state index in [0.717, 1.165) is 15.7 Å². The fraction of sp³-hybridized carbons (Fsp3) is 0.417. The standard InChI is InChI=1S/C12H15N3O2S/c1-9-7-12(2,17)15(14-9)11(16)8-18-10-5-3-4-6-13-10/h3-6,17H,7-8H2,1-2H3. The first-order valence-electron chi connectivity index (χ1n) is 5.62. The highest BCUT2D eigenvalue weighted by atomic mass is 32.2. The van der Waals surface area contributed by atoms with Gasteiger partial charge in [-0.05, 0) is 26.0 Å². The number of hydrazone groups is 1. The first kappa shape index (κ1) is 13.0. The molecule has 2 rings (SSSR count). The van der Waals surface area contributed by atoms with E-state index in [2.05, 4.69) is 10.1 Å². The largest absolute Gasteiger partial charge is 0.369 e. The summed E-state index contributed by atoms with van der Waals surface area (Å²) in [6.07, 6.45) is 2.08. The molecule has 1 aromatic heterocycles. The predicted molar refractivity (Wildman–Crippen MR) is 70.2 cm³/mol. The average molecular weight is 265 g/mol. The maximum atomic E-state index is 12.0. The van der Waals surface area contributed by atoms with Gasteiger partial charge in [0.15, 0.2) is 5.72 Å². The van der Waals surface area contributed by atoms with Crippen molar-refractivity contribution in [1.82, 2.24) is 9.99 Å². The lowest BCUT2D eigenvalue weighted by Gasteiger charge is -2.26. The van der Waals surface area contributed by atoms with Crippen molar-refractivity contribution >= 4 is 23.4 Å². The summed E-state index contributed by atoms with van der Waals surface area (Å²) < 4.78 is 0. The molecule has 0 aromatic carbocycles. The van der Waals surface area contributed by atoms with Crippen LogP contribution in [0.2, 0.25) is 0 Å². The zero-order valence-corrected chi connectivity index (χ0v) is 11.1. The van der Waals surface area contributed by atoms with Gasteiger partial charge in [-0.25, -0.2) is 9.99 Å². The van der Waals surface area contributed by atoms with E-state index >= 15 is 0 Å². The Bertz CT molecular complexity index is 473. The molecule has 1 aromatic rings. The lowest BCUT2D eigenvalue weighted by Crippen LogP contribution is -2.44. The van der Waals surface area contributed by atoms with Crippen LogP contribution >= 0.6 is 11.8 Å². The number of carbonyl (C=O) groups excluding carboxylic acids is 1. The van der Waals surface area contributed by atoms with Gasteiger partial charge in [0.1, 0.15) is 0 Å². The SMILES string of the molecule is CC1=NN(C(=O)CSc2ccccn2)C(C)(O)C1. The first-order chi connectivity index (χ1) is 8.49. The number of thioether (sulfide) groups is 1. The van der Waals surface area contributed by atoms with Crippen molar-refractivity contribution in [3.8, 4) is 0 Å². The Kier molecular flexibility index (Phi) is 3.68. The summed E-state index contributed by atoms with van der Waals surface area (Å²) in [6, 6.07) is 5.54. The number of carbonyl (C=O) groups is 1. The van der Waals surface area contributed by atoms with Crippen LogP contribution < -0.4 is 0 Å². The predicted octanol–water partition coefficient (Wildman–Crippen LogP) is 1.49. The molecule has 2 heterocycles. The summed E-state index contributed by atoms with van der Waals surface area (Å²) in [6.45, 7) is 3.39. The number of amides is 1. The molecule has 0 saturated heterocycles. The summed E-state index contributed by atoms with van der Waals surface area (Å²) in [7, 11) is 0. The second kappa shape index (κ2) is 5.07. The van der Waals surface area contributed by atoms with Crippen LogP contribution in [0.3, 0.4) is 0 Å². The highest BCUT2D eigenvalue weighted by Gasteiger charge is 2.38. The van der Waals surface area contributed by atoms with Crippen LogP contribution in [0.4, 0.5) is 0 Å². The van der Waals surface area contributed by atoms with Crippen molar-refractivity contribution in [2.75, 3.05) is 5.75 Å². The average Bonchev–Trinajstić information content (AvgIpc) is 2.61. The minimum Gasteiger partial charge on any atom is -0.369 e. The van der Waals surface area contributed by atoms with Gasteiger partial charge in [-0.3, -0.25) is 4.79 Å². The number of rotatable bonds is 3. The topological polar surface area (TPSA) is 65.8 Å². The Balaban J connectivity index is 1.97. The van der Waals surface area contributed by atoms with E-state index in [1.807, 2.05) is 18.2 Å². The van der Waals surface area contributed by atoms with Crippen LogP contribution in [0.25, 0.3) is 0 Å². The highest BCUT2D eigenvalue weighted by molar-refractivity contribution is 7.99. The van der Waals surface area contributed by atoms with E-state index in [0.29, 0.717) is 6.42 Å². The smallest absolute Gasteiger partial charge is 0.255 e. The summed E-state index contributed by atoms with van der Waals surface area (Å²) in [4.78, 5) is 16.1. The van der Waals surface area contributed by atoms with E-state index in [4.69, 9.17) is 0 Å². The van der Waals surface area contributed by atoms with Crippen molar-refractivity contribution in [3.05, 3.63) is 24.4 Å². The molecule has 1 amide bonds. The molecule has 0 saturated carbocycles. The Labute approximate surface area is 110 Å². The molecular formula is C12H15N3O2S. The fourth-order valence-electron chi connectivity index (χ4n) is 1.83. The van der Waals surface area contributed by atoms with Crippen LogP contribution in [0, 0.1) is 0 Å².